The Morgan fingerprint density at radius 3 is 2.34 bits per heavy atom. The van der Waals surface area contributed by atoms with Crippen LogP contribution in [0.4, 0.5) is 0 Å². The maximum absolute atomic E-state index is 11.1. The van der Waals surface area contributed by atoms with Crippen LogP contribution in [-0.4, -0.2) is 123 Å². The van der Waals surface area contributed by atoms with Crippen LogP contribution in [0.15, 0.2) is 11.6 Å². The molecule has 3 saturated carbocycles. The van der Waals surface area contributed by atoms with Crippen molar-refractivity contribution < 1.29 is 59.1 Å². The Morgan fingerprint density at radius 2 is 1.60 bits per heavy atom. The second-order valence-electron chi connectivity index (χ2n) is 17.9. The summed E-state index contributed by atoms with van der Waals surface area (Å²) < 4.78 is 38.0. The maximum atomic E-state index is 11.1. The molecule has 4 aliphatic heterocycles. The zero-order valence-electron chi connectivity index (χ0n) is 30.2. The standard InChI is InChI=1S/C38H60O12/c1-17-8-11-38(46-15-17)18(2)28-26(50-38)14-24-22-7-6-20-12-21(39)13-27(37(20,5)23(22)9-10-36(24,28)4)48-35-33(30(42)25(40)16-45-35)49-34-32(44)31(43)29(41)19(3)47-34/h6,17-19,21-35,39-44H,7-16H2,1-5H3/t17-,18-,19-,21+,22-,23-,24-,25+,26-,27+,28-,29-,30+,31-,32+,33+,34-,35+,36+,37+,38+/m0/s1. The number of aliphatic hydroxyl groups excluding tert-OH is 6. The van der Waals surface area contributed by atoms with E-state index in [0.29, 0.717) is 48.3 Å². The highest BCUT2D eigenvalue weighted by atomic mass is 16.8. The lowest BCUT2D eigenvalue weighted by Gasteiger charge is -2.60. The predicted octanol–water partition coefficient (Wildman–Crippen LogP) is 2.00. The van der Waals surface area contributed by atoms with Gasteiger partial charge in [-0.3, -0.25) is 0 Å². The largest absolute Gasteiger partial charge is 0.393 e. The molecule has 0 aromatic heterocycles. The predicted molar refractivity (Wildman–Crippen MR) is 177 cm³/mol. The molecule has 4 heterocycles. The Hall–Kier alpha value is -0.740. The lowest BCUT2D eigenvalue weighted by molar-refractivity contribution is -0.362. The van der Waals surface area contributed by atoms with Gasteiger partial charge < -0.3 is 59.1 Å². The van der Waals surface area contributed by atoms with Gasteiger partial charge in [-0.15, -0.1) is 0 Å². The van der Waals surface area contributed by atoms with Gasteiger partial charge in [0.1, 0.15) is 36.6 Å². The quantitative estimate of drug-likeness (QED) is 0.235. The molecule has 50 heavy (non-hydrogen) atoms. The van der Waals surface area contributed by atoms with Crippen molar-refractivity contribution in [1.29, 1.82) is 0 Å². The Kier molecular flexibility index (Phi) is 9.38. The third-order valence-electron chi connectivity index (χ3n) is 15.2. The molecule has 4 aliphatic carbocycles. The molecule has 0 bridgehead atoms. The van der Waals surface area contributed by atoms with Gasteiger partial charge in [0.25, 0.3) is 0 Å². The van der Waals surface area contributed by atoms with E-state index in [-0.39, 0.29) is 18.1 Å². The molecule has 8 aliphatic rings. The first-order chi connectivity index (χ1) is 23.7. The molecule has 6 N–H and O–H groups in total. The number of ether oxygens (including phenoxy) is 6. The Labute approximate surface area is 295 Å². The Bertz CT molecular complexity index is 1290. The van der Waals surface area contributed by atoms with Crippen molar-refractivity contribution in [2.24, 2.45) is 46.3 Å². The van der Waals surface area contributed by atoms with Gasteiger partial charge in [0.05, 0.1) is 37.6 Å². The summed E-state index contributed by atoms with van der Waals surface area (Å²) in [6.07, 6.45) is -3.26. The van der Waals surface area contributed by atoms with Gasteiger partial charge in [0.2, 0.25) is 0 Å². The molecule has 0 radical (unpaired) electrons. The van der Waals surface area contributed by atoms with E-state index in [4.69, 9.17) is 28.4 Å². The lowest BCUT2D eigenvalue weighted by Crippen LogP contribution is -2.63. The smallest absolute Gasteiger partial charge is 0.187 e. The van der Waals surface area contributed by atoms with Crippen molar-refractivity contribution in [3.8, 4) is 0 Å². The molecule has 0 amide bonds. The highest BCUT2D eigenvalue weighted by molar-refractivity contribution is 5.28. The Morgan fingerprint density at radius 1 is 0.820 bits per heavy atom. The molecule has 12 nitrogen and oxygen atoms in total. The minimum absolute atomic E-state index is 0.134. The molecule has 284 valence electrons. The molecule has 8 rings (SSSR count). The van der Waals surface area contributed by atoms with Crippen LogP contribution in [0.1, 0.15) is 86.0 Å². The van der Waals surface area contributed by atoms with Crippen molar-refractivity contribution in [3.63, 3.8) is 0 Å². The molecular formula is C38H60O12. The maximum Gasteiger partial charge on any atom is 0.187 e. The van der Waals surface area contributed by atoms with Crippen LogP contribution in [0.5, 0.6) is 0 Å². The van der Waals surface area contributed by atoms with Crippen LogP contribution >= 0.6 is 0 Å². The molecular weight excluding hydrogens is 648 g/mol. The van der Waals surface area contributed by atoms with E-state index in [1.54, 1.807) is 6.92 Å². The number of rotatable bonds is 4. The van der Waals surface area contributed by atoms with E-state index in [2.05, 4.69) is 33.8 Å². The van der Waals surface area contributed by atoms with Gasteiger partial charge in [-0.1, -0.05) is 39.3 Å². The van der Waals surface area contributed by atoms with E-state index in [1.807, 2.05) is 0 Å². The molecule has 0 unspecified atom stereocenters. The highest BCUT2D eigenvalue weighted by Crippen LogP contribution is 2.71. The lowest BCUT2D eigenvalue weighted by atomic mass is 9.46. The molecule has 0 aromatic rings. The van der Waals surface area contributed by atoms with E-state index < -0.39 is 78.7 Å². The van der Waals surface area contributed by atoms with E-state index in [1.165, 1.54) is 5.57 Å². The van der Waals surface area contributed by atoms with Gasteiger partial charge in [0, 0.05) is 24.2 Å². The molecule has 4 saturated heterocycles. The summed E-state index contributed by atoms with van der Waals surface area (Å²) in [5.41, 5.74) is 0.917. The molecule has 21 atom stereocenters. The summed E-state index contributed by atoms with van der Waals surface area (Å²) in [7, 11) is 0. The summed E-state index contributed by atoms with van der Waals surface area (Å²) in [6.45, 7) is 11.5. The van der Waals surface area contributed by atoms with E-state index in [0.717, 1.165) is 45.1 Å². The van der Waals surface area contributed by atoms with Crippen LogP contribution < -0.4 is 0 Å². The van der Waals surface area contributed by atoms with Crippen molar-refractivity contribution in [2.45, 2.75) is 165 Å². The molecule has 12 heteroatoms. The first-order valence-corrected chi connectivity index (χ1v) is 19.4. The number of aliphatic hydroxyl groups is 6. The van der Waals surface area contributed by atoms with Gasteiger partial charge in [0.15, 0.2) is 18.4 Å². The second kappa shape index (κ2) is 12.9. The Balaban J connectivity index is 1.04. The molecule has 1 spiro atoms. The van der Waals surface area contributed by atoms with Gasteiger partial charge in [-0.05, 0) is 80.5 Å². The number of hydrogen-bond donors (Lipinski definition) is 6. The number of hydrogen-bond acceptors (Lipinski definition) is 12. The van der Waals surface area contributed by atoms with E-state index >= 15 is 0 Å². The van der Waals surface area contributed by atoms with Crippen LogP contribution in [0.25, 0.3) is 0 Å². The SMILES string of the molecule is C[C@H]1CC[C@@]2(OC1)O[C@H]1C[C@H]3[C@H]4CC=C5C[C@@H](O)C[C@@H](O[C@H]6OC[C@@H](O)[C@@H](O)[C@H]6O[C@@H]6O[C@@H](C)[C@H](O)[C@H](O)[C@H]6O)[C@@]5(C)[C@H]4CC[C@@]3(C)[C@H]1[C@@H]2C. The van der Waals surface area contributed by atoms with Crippen LogP contribution in [-0.2, 0) is 28.4 Å². The minimum Gasteiger partial charge on any atom is -0.393 e. The first kappa shape index (κ1) is 36.2. The van der Waals surface area contributed by atoms with Crippen LogP contribution in [0.3, 0.4) is 0 Å². The minimum atomic E-state index is -1.60. The van der Waals surface area contributed by atoms with Crippen molar-refractivity contribution >= 4 is 0 Å². The summed E-state index contributed by atoms with van der Waals surface area (Å²) in [4.78, 5) is 0. The van der Waals surface area contributed by atoms with Crippen molar-refractivity contribution in [3.05, 3.63) is 11.6 Å². The molecule has 0 aromatic carbocycles. The van der Waals surface area contributed by atoms with Gasteiger partial charge >= 0.3 is 0 Å². The van der Waals surface area contributed by atoms with Crippen LogP contribution in [0, 0.1) is 46.3 Å². The number of allylic oxidation sites excluding steroid dienone is 1. The normalized spacial score (nSPS) is 59.3. The zero-order valence-corrected chi connectivity index (χ0v) is 30.2. The fraction of sp³-hybridized carbons (Fsp3) is 0.947. The fourth-order valence-corrected chi connectivity index (χ4v) is 12.4. The van der Waals surface area contributed by atoms with Gasteiger partial charge in [-0.2, -0.15) is 0 Å². The first-order valence-electron chi connectivity index (χ1n) is 19.4. The zero-order chi connectivity index (χ0) is 35.5. The third kappa shape index (κ3) is 5.45. The average Bonchev–Trinajstić information content (AvgIpc) is 3.53. The summed E-state index contributed by atoms with van der Waals surface area (Å²) in [5, 5.41) is 64.1. The highest BCUT2D eigenvalue weighted by Gasteiger charge is 2.69. The summed E-state index contributed by atoms with van der Waals surface area (Å²) in [5.74, 6) is 2.08. The summed E-state index contributed by atoms with van der Waals surface area (Å²) >= 11 is 0. The summed E-state index contributed by atoms with van der Waals surface area (Å²) in [6, 6.07) is 0. The van der Waals surface area contributed by atoms with Gasteiger partial charge in [-0.25, -0.2) is 0 Å². The fourth-order valence-electron chi connectivity index (χ4n) is 12.4. The van der Waals surface area contributed by atoms with Crippen LogP contribution in [0.2, 0.25) is 0 Å². The third-order valence-corrected chi connectivity index (χ3v) is 15.2. The average molecular weight is 709 g/mol. The van der Waals surface area contributed by atoms with Crippen molar-refractivity contribution in [1.82, 2.24) is 0 Å². The van der Waals surface area contributed by atoms with E-state index in [9.17, 15) is 30.6 Å². The second-order valence-corrected chi connectivity index (χ2v) is 17.9. The monoisotopic (exact) mass is 708 g/mol. The number of fused-ring (bicyclic) bond motifs is 7. The topological polar surface area (TPSA) is 177 Å². The molecule has 7 fully saturated rings. The van der Waals surface area contributed by atoms with Crippen molar-refractivity contribution in [2.75, 3.05) is 13.2 Å².